The van der Waals surface area contributed by atoms with Gasteiger partial charge in [0.25, 0.3) is 10.0 Å². The molecule has 0 saturated heterocycles. The van der Waals surface area contributed by atoms with E-state index in [1.807, 2.05) is 31.1 Å². The number of sulfonamides is 1. The Morgan fingerprint density at radius 3 is 2.24 bits per heavy atom. The zero-order chi connectivity index (χ0) is 15.6. The maximum Gasteiger partial charge on any atom is 0.261 e. The van der Waals surface area contributed by atoms with Crippen molar-refractivity contribution in [2.45, 2.75) is 4.90 Å². The Labute approximate surface area is 129 Å². The van der Waals surface area contributed by atoms with E-state index < -0.39 is 10.0 Å². The SMILES string of the molecule is CN(C)c1ccc(NS(=O)(=O)c2ccc(N)c(Cl)c2)cc1. The van der Waals surface area contributed by atoms with E-state index in [4.69, 9.17) is 17.3 Å². The molecule has 0 saturated carbocycles. The second kappa shape index (κ2) is 5.83. The number of benzene rings is 2. The second-order valence-electron chi connectivity index (χ2n) is 4.73. The van der Waals surface area contributed by atoms with Crippen LogP contribution in [0, 0.1) is 0 Å². The van der Waals surface area contributed by atoms with Crippen LogP contribution in [-0.4, -0.2) is 22.5 Å². The van der Waals surface area contributed by atoms with E-state index in [0.717, 1.165) is 5.69 Å². The fourth-order valence-electron chi connectivity index (χ4n) is 1.72. The van der Waals surface area contributed by atoms with E-state index in [9.17, 15) is 8.42 Å². The van der Waals surface area contributed by atoms with Crippen LogP contribution in [0.1, 0.15) is 0 Å². The Morgan fingerprint density at radius 2 is 1.71 bits per heavy atom. The fourth-order valence-corrected chi connectivity index (χ4v) is 3.05. The standard InChI is InChI=1S/C14H16ClN3O2S/c1-18(2)11-5-3-10(4-6-11)17-21(19,20)12-7-8-14(16)13(15)9-12/h3-9,17H,16H2,1-2H3. The van der Waals surface area contributed by atoms with Gasteiger partial charge in [0.1, 0.15) is 0 Å². The molecule has 7 heteroatoms. The molecule has 2 aromatic carbocycles. The average Bonchev–Trinajstić information content (AvgIpc) is 2.42. The first-order valence-electron chi connectivity index (χ1n) is 6.15. The molecule has 5 nitrogen and oxygen atoms in total. The Morgan fingerprint density at radius 1 is 1.10 bits per heavy atom. The van der Waals surface area contributed by atoms with E-state index in [-0.39, 0.29) is 9.92 Å². The van der Waals surface area contributed by atoms with Crippen LogP contribution < -0.4 is 15.4 Å². The number of halogens is 1. The molecule has 0 bridgehead atoms. The van der Waals surface area contributed by atoms with E-state index in [1.165, 1.54) is 18.2 Å². The summed E-state index contributed by atoms with van der Waals surface area (Å²) in [6.45, 7) is 0. The van der Waals surface area contributed by atoms with Crippen LogP contribution >= 0.6 is 11.6 Å². The first-order chi connectivity index (χ1) is 9.79. The molecular formula is C14H16ClN3O2S. The molecule has 0 atom stereocenters. The quantitative estimate of drug-likeness (QED) is 0.848. The van der Waals surface area contributed by atoms with E-state index >= 15 is 0 Å². The predicted molar refractivity (Wildman–Crippen MR) is 87.4 cm³/mol. The molecular weight excluding hydrogens is 310 g/mol. The highest BCUT2D eigenvalue weighted by Crippen LogP contribution is 2.24. The molecule has 0 aliphatic carbocycles. The maximum atomic E-state index is 12.3. The number of nitrogens with zero attached hydrogens (tertiary/aromatic N) is 1. The molecule has 2 rings (SSSR count). The summed E-state index contributed by atoms with van der Waals surface area (Å²) >= 11 is 5.86. The Kier molecular flexibility index (Phi) is 4.29. The molecule has 0 fully saturated rings. The Balaban J connectivity index is 2.26. The van der Waals surface area contributed by atoms with Crippen LogP contribution in [0.2, 0.25) is 5.02 Å². The lowest BCUT2D eigenvalue weighted by atomic mass is 10.3. The molecule has 2 aromatic rings. The number of nitrogens with one attached hydrogen (secondary N) is 1. The van der Waals surface area contributed by atoms with E-state index in [2.05, 4.69) is 4.72 Å². The van der Waals surface area contributed by atoms with Gasteiger partial charge in [-0.2, -0.15) is 0 Å². The van der Waals surface area contributed by atoms with Crippen molar-refractivity contribution in [3.8, 4) is 0 Å². The summed E-state index contributed by atoms with van der Waals surface area (Å²) < 4.78 is 27.0. The van der Waals surface area contributed by atoms with Crippen molar-refractivity contribution in [3.63, 3.8) is 0 Å². The number of hydrogen-bond donors (Lipinski definition) is 2. The third-order valence-corrected chi connectivity index (χ3v) is 4.62. The first kappa shape index (κ1) is 15.5. The number of rotatable bonds is 4. The highest BCUT2D eigenvalue weighted by Gasteiger charge is 2.15. The molecule has 0 aliphatic heterocycles. The maximum absolute atomic E-state index is 12.3. The number of hydrogen-bond acceptors (Lipinski definition) is 4. The van der Waals surface area contributed by atoms with Crippen molar-refractivity contribution in [1.29, 1.82) is 0 Å². The topological polar surface area (TPSA) is 75.4 Å². The van der Waals surface area contributed by atoms with E-state index in [1.54, 1.807) is 12.1 Å². The predicted octanol–water partition coefficient (Wildman–Crippen LogP) is 2.79. The lowest BCUT2D eigenvalue weighted by Crippen LogP contribution is -2.13. The van der Waals surface area contributed by atoms with Gasteiger partial charge in [-0.3, -0.25) is 4.72 Å². The molecule has 3 N–H and O–H groups in total. The zero-order valence-electron chi connectivity index (χ0n) is 11.7. The van der Waals surface area contributed by atoms with Gasteiger partial charge in [0, 0.05) is 25.5 Å². The van der Waals surface area contributed by atoms with E-state index in [0.29, 0.717) is 11.4 Å². The van der Waals surface area contributed by atoms with Gasteiger partial charge >= 0.3 is 0 Å². The van der Waals surface area contributed by atoms with Gasteiger partial charge in [-0.1, -0.05) is 11.6 Å². The van der Waals surface area contributed by atoms with Crippen LogP contribution in [0.5, 0.6) is 0 Å². The summed E-state index contributed by atoms with van der Waals surface area (Å²) in [5.41, 5.74) is 7.38. The highest BCUT2D eigenvalue weighted by atomic mass is 35.5. The molecule has 0 spiro atoms. The lowest BCUT2D eigenvalue weighted by molar-refractivity contribution is 0.601. The van der Waals surface area contributed by atoms with Crippen LogP contribution in [-0.2, 0) is 10.0 Å². The van der Waals surface area contributed by atoms with Gasteiger partial charge in [-0.15, -0.1) is 0 Å². The molecule has 0 aromatic heterocycles. The average molecular weight is 326 g/mol. The second-order valence-corrected chi connectivity index (χ2v) is 6.82. The summed E-state index contributed by atoms with van der Waals surface area (Å²) in [5.74, 6) is 0. The summed E-state index contributed by atoms with van der Waals surface area (Å²) in [7, 11) is 0.135. The van der Waals surface area contributed by atoms with Gasteiger partial charge in [-0.25, -0.2) is 8.42 Å². The van der Waals surface area contributed by atoms with Gasteiger partial charge in [0.2, 0.25) is 0 Å². The highest BCUT2D eigenvalue weighted by molar-refractivity contribution is 7.92. The molecule has 0 unspecified atom stereocenters. The van der Waals surface area contributed by atoms with Crippen molar-refractivity contribution < 1.29 is 8.42 Å². The van der Waals surface area contributed by atoms with Crippen LogP contribution in [0.3, 0.4) is 0 Å². The third kappa shape index (κ3) is 3.59. The minimum absolute atomic E-state index is 0.0680. The minimum Gasteiger partial charge on any atom is -0.398 e. The van der Waals surface area contributed by atoms with Gasteiger partial charge < -0.3 is 10.6 Å². The number of nitrogens with two attached hydrogens (primary N) is 1. The molecule has 0 heterocycles. The monoisotopic (exact) mass is 325 g/mol. The molecule has 0 radical (unpaired) electrons. The largest absolute Gasteiger partial charge is 0.398 e. The van der Waals surface area contributed by atoms with Crippen molar-refractivity contribution >= 4 is 38.7 Å². The summed E-state index contributed by atoms with van der Waals surface area (Å²) in [6.07, 6.45) is 0. The molecule has 21 heavy (non-hydrogen) atoms. The van der Waals surface area contributed by atoms with Crippen molar-refractivity contribution in [2.24, 2.45) is 0 Å². The van der Waals surface area contributed by atoms with Crippen molar-refractivity contribution in [1.82, 2.24) is 0 Å². The smallest absolute Gasteiger partial charge is 0.261 e. The summed E-state index contributed by atoms with van der Waals surface area (Å²) in [4.78, 5) is 2.00. The number of nitrogen functional groups attached to an aromatic ring is 1. The normalized spacial score (nSPS) is 11.2. The number of anilines is 3. The van der Waals surface area contributed by atoms with Gasteiger partial charge in [0.15, 0.2) is 0 Å². The van der Waals surface area contributed by atoms with Crippen molar-refractivity contribution in [3.05, 3.63) is 47.5 Å². The molecule has 0 amide bonds. The van der Waals surface area contributed by atoms with Gasteiger partial charge in [0.05, 0.1) is 15.6 Å². The third-order valence-electron chi connectivity index (χ3n) is 2.92. The van der Waals surface area contributed by atoms with Crippen LogP contribution in [0.4, 0.5) is 17.1 Å². The zero-order valence-corrected chi connectivity index (χ0v) is 13.2. The van der Waals surface area contributed by atoms with Gasteiger partial charge in [-0.05, 0) is 42.5 Å². The minimum atomic E-state index is -3.69. The fraction of sp³-hybridized carbons (Fsp3) is 0.143. The summed E-state index contributed by atoms with van der Waals surface area (Å²) in [6, 6.07) is 11.3. The Bertz CT molecular complexity index is 743. The van der Waals surface area contributed by atoms with Crippen LogP contribution in [0.25, 0.3) is 0 Å². The first-order valence-corrected chi connectivity index (χ1v) is 8.01. The molecule has 112 valence electrons. The molecule has 0 aliphatic rings. The Hall–Kier alpha value is -1.92. The lowest BCUT2D eigenvalue weighted by Gasteiger charge is -2.13. The summed E-state index contributed by atoms with van der Waals surface area (Å²) in [5, 5.41) is 0.209. The van der Waals surface area contributed by atoms with Crippen molar-refractivity contribution in [2.75, 3.05) is 29.5 Å². The van der Waals surface area contributed by atoms with Crippen LogP contribution in [0.15, 0.2) is 47.4 Å².